The van der Waals surface area contributed by atoms with Crippen LogP contribution in [0.4, 0.5) is 14.5 Å². The SMILES string of the molecule is CCN(C(=O)c1ccc(C(C)C)cc1)c1ccc(F)c(F)c1. The molecule has 0 unspecified atom stereocenters. The number of carbonyl (C=O) groups is 1. The van der Waals surface area contributed by atoms with Crippen LogP contribution in [0.25, 0.3) is 0 Å². The molecule has 0 N–H and O–H groups in total. The highest BCUT2D eigenvalue weighted by atomic mass is 19.2. The van der Waals surface area contributed by atoms with Gasteiger partial charge in [-0.2, -0.15) is 0 Å². The van der Waals surface area contributed by atoms with E-state index in [0.29, 0.717) is 23.7 Å². The van der Waals surface area contributed by atoms with Crippen LogP contribution in [-0.2, 0) is 0 Å². The molecule has 22 heavy (non-hydrogen) atoms. The summed E-state index contributed by atoms with van der Waals surface area (Å²) in [6, 6.07) is 10.8. The van der Waals surface area contributed by atoms with Gasteiger partial charge >= 0.3 is 0 Å². The minimum absolute atomic E-state index is 0.233. The highest BCUT2D eigenvalue weighted by molar-refractivity contribution is 6.06. The third-order valence-corrected chi connectivity index (χ3v) is 3.60. The van der Waals surface area contributed by atoms with Gasteiger partial charge in [0.1, 0.15) is 0 Å². The van der Waals surface area contributed by atoms with Gasteiger partial charge in [0.2, 0.25) is 0 Å². The van der Waals surface area contributed by atoms with Crippen molar-refractivity contribution in [3.05, 3.63) is 65.2 Å². The highest BCUT2D eigenvalue weighted by Crippen LogP contribution is 2.21. The normalized spacial score (nSPS) is 10.8. The average Bonchev–Trinajstić information content (AvgIpc) is 2.51. The molecular weight excluding hydrogens is 284 g/mol. The third-order valence-electron chi connectivity index (χ3n) is 3.60. The first kappa shape index (κ1) is 16.1. The Labute approximate surface area is 129 Å². The minimum Gasteiger partial charge on any atom is -0.309 e. The maximum Gasteiger partial charge on any atom is 0.258 e. The summed E-state index contributed by atoms with van der Waals surface area (Å²) in [5.41, 5.74) is 2.02. The number of carbonyl (C=O) groups excluding carboxylic acids is 1. The summed E-state index contributed by atoms with van der Waals surface area (Å²) in [5.74, 6) is -1.73. The van der Waals surface area contributed by atoms with Crippen LogP contribution in [0.15, 0.2) is 42.5 Å². The molecule has 1 amide bonds. The van der Waals surface area contributed by atoms with Crippen molar-refractivity contribution in [3.8, 4) is 0 Å². The predicted octanol–water partition coefficient (Wildman–Crippen LogP) is 4.75. The van der Waals surface area contributed by atoms with E-state index in [1.54, 1.807) is 19.1 Å². The molecule has 0 saturated carbocycles. The Morgan fingerprint density at radius 3 is 2.18 bits per heavy atom. The van der Waals surface area contributed by atoms with Crippen LogP contribution < -0.4 is 4.90 Å². The van der Waals surface area contributed by atoms with Crippen LogP contribution in [0.3, 0.4) is 0 Å². The molecule has 0 saturated heterocycles. The number of anilines is 1. The van der Waals surface area contributed by atoms with Crippen molar-refractivity contribution < 1.29 is 13.6 Å². The molecule has 2 nitrogen and oxygen atoms in total. The van der Waals surface area contributed by atoms with Crippen molar-refractivity contribution in [3.63, 3.8) is 0 Å². The Hall–Kier alpha value is -2.23. The van der Waals surface area contributed by atoms with Crippen LogP contribution in [0.5, 0.6) is 0 Å². The maximum absolute atomic E-state index is 13.4. The Kier molecular flexibility index (Phi) is 4.91. The summed E-state index contributed by atoms with van der Waals surface area (Å²) in [6.45, 7) is 6.32. The molecule has 0 aliphatic rings. The maximum atomic E-state index is 13.4. The predicted molar refractivity (Wildman–Crippen MR) is 84.2 cm³/mol. The topological polar surface area (TPSA) is 20.3 Å². The second kappa shape index (κ2) is 6.69. The van der Waals surface area contributed by atoms with Gasteiger partial charge in [-0.3, -0.25) is 4.79 Å². The smallest absolute Gasteiger partial charge is 0.258 e. The first-order valence-electron chi connectivity index (χ1n) is 7.31. The van der Waals surface area contributed by atoms with Gasteiger partial charge < -0.3 is 4.90 Å². The van der Waals surface area contributed by atoms with Crippen molar-refractivity contribution in [2.45, 2.75) is 26.7 Å². The van der Waals surface area contributed by atoms with Gasteiger partial charge in [0.05, 0.1) is 0 Å². The molecule has 116 valence electrons. The number of amides is 1. The van der Waals surface area contributed by atoms with Crippen LogP contribution in [-0.4, -0.2) is 12.5 Å². The Morgan fingerprint density at radius 1 is 1.05 bits per heavy atom. The zero-order valence-corrected chi connectivity index (χ0v) is 12.9. The first-order valence-corrected chi connectivity index (χ1v) is 7.31. The molecule has 4 heteroatoms. The largest absolute Gasteiger partial charge is 0.309 e. The van der Waals surface area contributed by atoms with Crippen molar-refractivity contribution in [1.29, 1.82) is 0 Å². The van der Waals surface area contributed by atoms with E-state index in [2.05, 4.69) is 13.8 Å². The van der Waals surface area contributed by atoms with Gasteiger partial charge in [0.25, 0.3) is 5.91 Å². The lowest BCUT2D eigenvalue weighted by atomic mass is 10.0. The molecule has 0 aliphatic carbocycles. The van der Waals surface area contributed by atoms with E-state index in [0.717, 1.165) is 17.7 Å². The van der Waals surface area contributed by atoms with Crippen molar-refractivity contribution in [2.75, 3.05) is 11.4 Å². The van der Waals surface area contributed by atoms with E-state index < -0.39 is 11.6 Å². The quantitative estimate of drug-likeness (QED) is 0.798. The van der Waals surface area contributed by atoms with E-state index in [1.165, 1.54) is 11.0 Å². The van der Waals surface area contributed by atoms with Crippen LogP contribution in [0, 0.1) is 11.6 Å². The number of hydrogen-bond acceptors (Lipinski definition) is 1. The molecular formula is C18H19F2NO. The van der Waals surface area contributed by atoms with E-state index in [-0.39, 0.29) is 5.91 Å². The molecule has 0 heterocycles. The zero-order valence-electron chi connectivity index (χ0n) is 12.9. The minimum atomic E-state index is -0.959. The molecule has 2 rings (SSSR count). The van der Waals surface area contributed by atoms with Gasteiger partial charge in [-0.15, -0.1) is 0 Å². The highest BCUT2D eigenvalue weighted by Gasteiger charge is 2.17. The number of benzene rings is 2. The molecule has 0 aliphatic heterocycles. The lowest BCUT2D eigenvalue weighted by Gasteiger charge is -2.21. The fraction of sp³-hybridized carbons (Fsp3) is 0.278. The second-order valence-electron chi connectivity index (χ2n) is 5.42. The van der Waals surface area contributed by atoms with E-state index in [1.807, 2.05) is 12.1 Å². The van der Waals surface area contributed by atoms with Crippen LogP contribution in [0.2, 0.25) is 0 Å². The molecule has 0 radical (unpaired) electrons. The number of hydrogen-bond donors (Lipinski definition) is 0. The van der Waals surface area contributed by atoms with Crippen molar-refractivity contribution in [1.82, 2.24) is 0 Å². The lowest BCUT2D eigenvalue weighted by Crippen LogP contribution is -2.30. The number of rotatable bonds is 4. The van der Waals surface area contributed by atoms with Gasteiger partial charge in [0, 0.05) is 23.9 Å². The molecule has 2 aromatic rings. The molecule has 0 spiro atoms. The number of nitrogens with zero attached hydrogens (tertiary/aromatic N) is 1. The summed E-state index contributed by atoms with van der Waals surface area (Å²) in [7, 11) is 0. The molecule has 0 aromatic heterocycles. The number of halogens is 2. The molecule has 0 bridgehead atoms. The third kappa shape index (κ3) is 3.32. The van der Waals surface area contributed by atoms with E-state index in [4.69, 9.17) is 0 Å². The Balaban J connectivity index is 2.30. The van der Waals surface area contributed by atoms with Crippen LogP contribution in [0.1, 0.15) is 42.6 Å². The zero-order chi connectivity index (χ0) is 16.3. The van der Waals surface area contributed by atoms with Crippen LogP contribution >= 0.6 is 0 Å². The van der Waals surface area contributed by atoms with Gasteiger partial charge in [-0.1, -0.05) is 26.0 Å². The van der Waals surface area contributed by atoms with Gasteiger partial charge in [0.15, 0.2) is 11.6 Å². The fourth-order valence-corrected chi connectivity index (χ4v) is 2.26. The van der Waals surface area contributed by atoms with Crippen molar-refractivity contribution in [2.24, 2.45) is 0 Å². The molecule has 2 aromatic carbocycles. The lowest BCUT2D eigenvalue weighted by molar-refractivity contribution is 0.0988. The summed E-state index contributed by atoms with van der Waals surface area (Å²) in [6.07, 6.45) is 0. The summed E-state index contributed by atoms with van der Waals surface area (Å²) in [4.78, 5) is 14.0. The average molecular weight is 303 g/mol. The molecule has 0 fully saturated rings. The monoisotopic (exact) mass is 303 g/mol. The van der Waals surface area contributed by atoms with Gasteiger partial charge in [-0.25, -0.2) is 8.78 Å². The second-order valence-corrected chi connectivity index (χ2v) is 5.42. The van der Waals surface area contributed by atoms with Crippen molar-refractivity contribution >= 4 is 11.6 Å². The first-order chi connectivity index (χ1) is 10.4. The summed E-state index contributed by atoms with van der Waals surface area (Å²) < 4.78 is 26.4. The summed E-state index contributed by atoms with van der Waals surface area (Å²) >= 11 is 0. The summed E-state index contributed by atoms with van der Waals surface area (Å²) in [5, 5.41) is 0. The molecule has 0 atom stereocenters. The Morgan fingerprint density at radius 2 is 1.68 bits per heavy atom. The van der Waals surface area contributed by atoms with E-state index in [9.17, 15) is 13.6 Å². The van der Waals surface area contributed by atoms with E-state index >= 15 is 0 Å². The van der Waals surface area contributed by atoms with Gasteiger partial charge in [-0.05, 0) is 42.7 Å². The Bertz CT molecular complexity index is 665. The fourth-order valence-electron chi connectivity index (χ4n) is 2.26. The standard InChI is InChI=1S/C18H19F2NO/c1-4-21(15-9-10-16(19)17(20)11-15)18(22)14-7-5-13(6-8-14)12(2)3/h5-12H,4H2,1-3H3.